The number of aliphatic hydroxyl groups is 1. The van der Waals surface area contributed by atoms with E-state index < -0.39 is 6.10 Å². The first kappa shape index (κ1) is 13.4. The normalized spacial score (nSPS) is 16.9. The molecule has 5 heteroatoms. The number of nitrogens with zero attached hydrogens (tertiary/aromatic N) is 2. The SMILES string of the molecule is C[C@H](O)c1ccnc(SCC(=O)N2CCCC2)c1. The predicted molar refractivity (Wildman–Crippen MR) is 71.4 cm³/mol. The maximum atomic E-state index is 11.9. The molecule has 18 heavy (non-hydrogen) atoms. The number of carbonyl (C=O) groups is 1. The molecule has 1 aliphatic rings. The summed E-state index contributed by atoms with van der Waals surface area (Å²) in [7, 11) is 0. The van der Waals surface area contributed by atoms with Crippen LogP contribution in [-0.4, -0.2) is 39.7 Å². The standard InChI is InChI=1S/C13H18N2O2S/c1-10(16)11-4-5-14-12(8-11)18-9-13(17)15-6-2-3-7-15/h4-5,8,10,16H,2-3,6-7,9H2,1H3/t10-/m0/s1. The number of thioether (sulfide) groups is 1. The van der Waals surface area contributed by atoms with E-state index >= 15 is 0 Å². The third-order valence-corrected chi connectivity index (χ3v) is 3.95. The first-order valence-corrected chi connectivity index (χ1v) is 7.20. The lowest BCUT2D eigenvalue weighted by Crippen LogP contribution is -2.29. The van der Waals surface area contributed by atoms with Crippen LogP contribution in [0.5, 0.6) is 0 Å². The number of aromatic nitrogens is 1. The van der Waals surface area contributed by atoms with Gasteiger partial charge >= 0.3 is 0 Å². The molecule has 1 N–H and O–H groups in total. The third kappa shape index (κ3) is 3.46. The van der Waals surface area contributed by atoms with Gasteiger partial charge in [-0.2, -0.15) is 0 Å². The fraction of sp³-hybridized carbons (Fsp3) is 0.538. The topological polar surface area (TPSA) is 53.4 Å². The molecule has 0 aromatic carbocycles. The van der Waals surface area contributed by atoms with Crippen molar-refractivity contribution in [3.05, 3.63) is 23.9 Å². The quantitative estimate of drug-likeness (QED) is 0.845. The molecule has 1 amide bonds. The number of hydrogen-bond acceptors (Lipinski definition) is 4. The van der Waals surface area contributed by atoms with Crippen LogP contribution in [0.15, 0.2) is 23.4 Å². The Morgan fingerprint density at radius 2 is 2.28 bits per heavy atom. The van der Waals surface area contributed by atoms with Gasteiger partial charge < -0.3 is 10.0 Å². The molecule has 1 fully saturated rings. The second-order valence-electron chi connectivity index (χ2n) is 4.48. The fourth-order valence-corrected chi connectivity index (χ4v) is 2.77. The van der Waals surface area contributed by atoms with Crippen molar-refractivity contribution in [1.82, 2.24) is 9.88 Å². The van der Waals surface area contributed by atoms with Crippen LogP contribution in [0.4, 0.5) is 0 Å². The summed E-state index contributed by atoms with van der Waals surface area (Å²) in [5, 5.41) is 10.3. The van der Waals surface area contributed by atoms with Crippen LogP contribution < -0.4 is 0 Å². The fourth-order valence-electron chi connectivity index (χ4n) is 1.96. The maximum absolute atomic E-state index is 11.9. The van der Waals surface area contributed by atoms with Crippen LogP contribution in [-0.2, 0) is 4.79 Å². The molecule has 2 rings (SSSR count). The van der Waals surface area contributed by atoms with Gasteiger partial charge in [-0.1, -0.05) is 11.8 Å². The lowest BCUT2D eigenvalue weighted by Gasteiger charge is -2.14. The molecule has 1 atom stereocenters. The highest BCUT2D eigenvalue weighted by molar-refractivity contribution is 7.99. The summed E-state index contributed by atoms with van der Waals surface area (Å²) in [6, 6.07) is 3.63. The minimum absolute atomic E-state index is 0.182. The minimum atomic E-state index is -0.498. The molecule has 0 radical (unpaired) electrons. The highest BCUT2D eigenvalue weighted by Gasteiger charge is 2.17. The summed E-state index contributed by atoms with van der Waals surface area (Å²) in [6.45, 7) is 3.50. The molecule has 0 aliphatic carbocycles. The van der Waals surface area contributed by atoms with Crippen LogP contribution in [0.25, 0.3) is 0 Å². The molecule has 0 unspecified atom stereocenters. The number of pyridine rings is 1. The number of likely N-dealkylation sites (tertiary alicyclic amines) is 1. The maximum Gasteiger partial charge on any atom is 0.232 e. The molecular formula is C13H18N2O2S. The largest absolute Gasteiger partial charge is 0.389 e. The lowest BCUT2D eigenvalue weighted by molar-refractivity contribution is -0.127. The van der Waals surface area contributed by atoms with E-state index in [-0.39, 0.29) is 5.91 Å². The van der Waals surface area contributed by atoms with Gasteiger partial charge in [0.25, 0.3) is 0 Å². The van der Waals surface area contributed by atoms with Gasteiger partial charge in [-0.05, 0) is 37.5 Å². The van der Waals surface area contributed by atoms with Crippen LogP contribution in [0, 0.1) is 0 Å². The van der Waals surface area contributed by atoms with Gasteiger partial charge in [0.15, 0.2) is 0 Å². The molecule has 1 saturated heterocycles. The van der Waals surface area contributed by atoms with Crippen molar-refractivity contribution in [1.29, 1.82) is 0 Å². The Kier molecular flexibility index (Phi) is 4.60. The van der Waals surface area contributed by atoms with Crippen LogP contribution >= 0.6 is 11.8 Å². The van der Waals surface area contributed by atoms with Gasteiger partial charge in [-0.15, -0.1) is 0 Å². The molecule has 4 nitrogen and oxygen atoms in total. The summed E-state index contributed by atoms with van der Waals surface area (Å²) in [5.74, 6) is 0.609. The molecule has 2 heterocycles. The van der Waals surface area contributed by atoms with Gasteiger partial charge in [0.1, 0.15) is 0 Å². The Balaban J connectivity index is 1.89. The summed E-state index contributed by atoms with van der Waals surface area (Å²) < 4.78 is 0. The Labute approximate surface area is 111 Å². The Hall–Kier alpha value is -1.07. The van der Waals surface area contributed by atoms with E-state index in [9.17, 15) is 9.90 Å². The molecule has 1 aromatic heterocycles. The summed E-state index contributed by atoms with van der Waals surface area (Å²) in [4.78, 5) is 18.0. The average Bonchev–Trinajstić information content (AvgIpc) is 2.90. The van der Waals surface area contributed by atoms with Crippen LogP contribution in [0.3, 0.4) is 0 Å². The Bertz CT molecular complexity index is 417. The minimum Gasteiger partial charge on any atom is -0.389 e. The molecule has 0 spiro atoms. The number of hydrogen-bond donors (Lipinski definition) is 1. The second kappa shape index (κ2) is 6.20. The van der Waals surface area contributed by atoms with E-state index in [2.05, 4.69) is 4.98 Å². The molecule has 98 valence electrons. The van der Waals surface area contributed by atoms with E-state index in [1.54, 1.807) is 19.2 Å². The van der Waals surface area contributed by atoms with Gasteiger partial charge in [-0.3, -0.25) is 4.79 Å². The van der Waals surface area contributed by atoms with E-state index in [1.165, 1.54) is 11.8 Å². The first-order valence-electron chi connectivity index (χ1n) is 6.21. The zero-order valence-corrected chi connectivity index (χ0v) is 11.3. The molecule has 1 aliphatic heterocycles. The monoisotopic (exact) mass is 266 g/mol. The smallest absolute Gasteiger partial charge is 0.232 e. The third-order valence-electron chi connectivity index (χ3n) is 3.04. The lowest BCUT2D eigenvalue weighted by atomic mass is 10.2. The molecule has 1 aromatic rings. The number of amides is 1. The van der Waals surface area contributed by atoms with Crippen molar-refractivity contribution in [3.63, 3.8) is 0 Å². The summed E-state index contributed by atoms with van der Waals surface area (Å²) >= 11 is 1.43. The molecule has 0 bridgehead atoms. The molecule has 0 saturated carbocycles. The number of carbonyl (C=O) groups excluding carboxylic acids is 1. The van der Waals surface area contributed by atoms with Gasteiger partial charge in [-0.25, -0.2) is 4.98 Å². The second-order valence-corrected chi connectivity index (χ2v) is 5.48. The first-order chi connectivity index (χ1) is 8.66. The van der Waals surface area contributed by atoms with Crippen LogP contribution in [0.2, 0.25) is 0 Å². The van der Waals surface area contributed by atoms with Gasteiger partial charge in [0.2, 0.25) is 5.91 Å². The van der Waals surface area contributed by atoms with Crippen molar-refractivity contribution in [2.75, 3.05) is 18.8 Å². The van der Waals surface area contributed by atoms with E-state index in [0.29, 0.717) is 5.75 Å². The molecular weight excluding hydrogens is 248 g/mol. The average molecular weight is 266 g/mol. The zero-order chi connectivity index (χ0) is 13.0. The Morgan fingerprint density at radius 3 is 2.94 bits per heavy atom. The van der Waals surface area contributed by atoms with Crippen molar-refractivity contribution >= 4 is 17.7 Å². The van der Waals surface area contributed by atoms with Gasteiger partial charge in [0, 0.05) is 19.3 Å². The van der Waals surface area contributed by atoms with Gasteiger partial charge in [0.05, 0.1) is 16.9 Å². The zero-order valence-electron chi connectivity index (χ0n) is 10.5. The van der Waals surface area contributed by atoms with Crippen molar-refractivity contribution in [3.8, 4) is 0 Å². The number of rotatable bonds is 4. The highest BCUT2D eigenvalue weighted by Crippen LogP contribution is 2.21. The Morgan fingerprint density at radius 1 is 1.56 bits per heavy atom. The van der Waals surface area contributed by atoms with Crippen LogP contribution in [0.1, 0.15) is 31.4 Å². The highest BCUT2D eigenvalue weighted by atomic mass is 32.2. The predicted octanol–water partition coefficient (Wildman–Crippen LogP) is 1.85. The van der Waals surface area contributed by atoms with E-state index in [4.69, 9.17) is 0 Å². The van der Waals surface area contributed by atoms with Crippen molar-refractivity contribution < 1.29 is 9.90 Å². The van der Waals surface area contributed by atoms with Crippen molar-refractivity contribution in [2.24, 2.45) is 0 Å². The number of aliphatic hydroxyl groups excluding tert-OH is 1. The summed E-state index contributed by atoms with van der Waals surface area (Å²) in [5.41, 5.74) is 0.834. The van der Waals surface area contributed by atoms with E-state index in [1.807, 2.05) is 11.0 Å². The van der Waals surface area contributed by atoms with Crippen molar-refractivity contribution in [2.45, 2.75) is 30.9 Å². The summed E-state index contributed by atoms with van der Waals surface area (Å²) in [6.07, 6.45) is 3.41. The van der Waals surface area contributed by atoms with E-state index in [0.717, 1.165) is 36.5 Å².